The lowest BCUT2D eigenvalue weighted by Crippen LogP contribution is -2.33. The van der Waals surface area contributed by atoms with Crippen LogP contribution in [-0.4, -0.2) is 32.7 Å². The van der Waals surface area contributed by atoms with Gasteiger partial charge in [0, 0.05) is 6.92 Å². The van der Waals surface area contributed by atoms with Gasteiger partial charge in [0.05, 0.1) is 5.92 Å². The van der Waals surface area contributed by atoms with Crippen LogP contribution in [0.15, 0.2) is 30.3 Å². The number of nitrogens with zero attached hydrogens (tertiary/aromatic N) is 3. The summed E-state index contributed by atoms with van der Waals surface area (Å²) in [4.78, 5) is 11.7. The molecule has 3 rings (SSSR count). The van der Waals surface area contributed by atoms with Crippen LogP contribution in [0.5, 0.6) is 0 Å². The number of aromatic nitrogens is 4. The Bertz CT molecular complexity index is 609. The fourth-order valence-electron chi connectivity index (χ4n) is 3.53. The van der Waals surface area contributed by atoms with Crippen molar-refractivity contribution in [1.29, 1.82) is 0 Å². The molecule has 0 bridgehead atoms. The summed E-state index contributed by atoms with van der Waals surface area (Å²) < 4.78 is 5.73. The van der Waals surface area contributed by atoms with Gasteiger partial charge in [-0.1, -0.05) is 48.4 Å². The lowest BCUT2D eigenvalue weighted by molar-refractivity contribution is -0.150. The molecular weight excluding hydrogens is 292 g/mol. The van der Waals surface area contributed by atoms with Gasteiger partial charge in [-0.25, -0.2) is 0 Å². The molecule has 1 aliphatic rings. The molecule has 1 heterocycles. The SMILES string of the molecule is CC(=O)OC(C1CCCC1)C(Cc1ccccc1)c1nn[nH]n1. The van der Waals surface area contributed by atoms with E-state index in [1.807, 2.05) is 18.2 Å². The van der Waals surface area contributed by atoms with E-state index in [-0.39, 0.29) is 18.0 Å². The van der Waals surface area contributed by atoms with Crippen molar-refractivity contribution in [2.45, 2.75) is 51.0 Å². The van der Waals surface area contributed by atoms with Gasteiger partial charge in [0.25, 0.3) is 0 Å². The number of rotatable bonds is 6. The molecule has 1 saturated carbocycles. The van der Waals surface area contributed by atoms with Crippen LogP contribution in [0, 0.1) is 5.92 Å². The molecule has 1 aromatic carbocycles. The third-order valence-corrected chi connectivity index (χ3v) is 4.55. The molecule has 1 fully saturated rings. The Labute approximate surface area is 135 Å². The summed E-state index contributed by atoms with van der Waals surface area (Å²) in [6, 6.07) is 10.2. The number of tetrazole rings is 1. The fraction of sp³-hybridized carbons (Fsp3) is 0.529. The van der Waals surface area contributed by atoms with E-state index in [1.165, 1.54) is 25.3 Å². The number of esters is 1. The topological polar surface area (TPSA) is 80.8 Å². The van der Waals surface area contributed by atoms with E-state index in [2.05, 4.69) is 32.8 Å². The quantitative estimate of drug-likeness (QED) is 0.829. The fourth-order valence-corrected chi connectivity index (χ4v) is 3.53. The Morgan fingerprint density at radius 1 is 1.30 bits per heavy atom. The van der Waals surface area contributed by atoms with Crippen molar-refractivity contribution in [2.75, 3.05) is 0 Å². The maximum absolute atomic E-state index is 11.7. The van der Waals surface area contributed by atoms with Crippen molar-refractivity contribution < 1.29 is 9.53 Å². The number of ether oxygens (including phenoxy) is 1. The second-order valence-electron chi connectivity index (χ2n) is 6.18. The number of H-pyrrole nitrogens is 1. The molecule has 1 N–H and O–H groups in total. The van der Waals surface area contributed by atoms with Crippen LogP contribution in [0.2, 0.25) is 0 Å². The highest BCUT2D eigenvalue weighted by Crippen LogP contribution is 2.37. The zero-order valence-electron chi connectivity index (χ0n) is 13.3. The van der Waals surface area contributed by atoms with Crippen molar-refractivity contribution in [2.24, 2.45) is 5.92 Å². The smallest absolute Gasteiger partial charge is 0.302 e. The predicted molar refractivity (Wildman–Crippen MR) is 84.6 cm³/mol. The number of hydrogen-bond acceptors (Lipinski definition) is 5. The summed E-state index contributed by atoms with van der Waals surface area (Å²) in [6.07, 6.45) is 5.07. The van der Waals surface area contributed by atoms with Gasteiger partial charge in [-0.15, -0.1) is 10.2 Å². The van der Waals surface area contributed by atoms with Crippen molar-refractivity contribution in [3.8, 4) is 0 Å². The van der Waals surface area contributed by atoms with Crippen LogP contribution in [0.4, 0.5) is 0 Å². The Hall–Kier alpha value is -2.24. The second-order valence-corrected chi connectivity index (χ2v) is 6.18. The minimum atomic E-state index is -0.247. The van der Waals surface area contributed by atoms with E-state index < -0.39 is 0 Å². The third kappa shape index (κ3) is 3.94. The first kappa shape index (κ1) is 15.6. The lowest BCUT2D eigenvalue weighted by Gasteiger charge is -2.29. The van der Waals surface area contributed by atoms with Gasteiger partial charge >= 0.3 is 5.97 Å². The van der Waals surface area contributed by atoms with Crippen molar-refractivity contribution >= 4 is 5.97 Å². The Morgan fingerprint density at radius 2 is 2.04 bits per heavy atom. The molecule has 0 spiro atoms. The van der Waals surface area contributed by atoms with Crippen molar-refractivity contribution in [3.05, 3.63) is 41.7 Å². The molecule has 2 atom stereocenters. The minimum Gasteiger partial charge on any atom is -0.461 e. The molecule has 23 heavy (non-hydrogen) atoms. The first-order chi connectivity index (χ1) is 11.2. The molecule has 0 amide bonds. The summed E-state index contributed by atoms with van der Waals surface area (Å²) in [7, 11) is 0. The van der Waals surface area contributed by atoms with E-state index in [0.717, 1.165) is 19.3 Å². The van der Waals surface area contributed by atoms with E-state index >= 15 is 0 Å². The summed E-state index contributed by atoms with van der Waals surface area (Å²) in [5, 5.41) is 14.6. The second kappa shape index (κ2) is 7.35. The monoisotopic (exact) mass is 314 g/mol. The summed E-state index contributed by atoms with van der Waals surface area (Å²) in [5.41, 5.74) is 1.18. The highest BCUT2D eigenvalue weighted by Gasteiger charge is 2.37. The van der Waals surface area contributed by atoms with E-state index in [1.54, 1.807) is 0 Å². The number of aromatic amines is 1. The van der Waals surface area contributed by atoms with Crippen LogP contribution < -0.4 is 0 Å². The highest BCUT2D eigenvalue weighted by molar-refractivity contribution is 5.66. The first-order valence-corrected chi connectivity index (χ1v) is 8.18. The molecule has 6 nitrogen and oxygen atoms in total. The van der Waals surface area contributed by atoms with Crippen LogP contribution in [0.25, 0.3) is 0 Å². The van der Waals surface area contributed by atoms with Gasteiger partial charge < -0.3 is 4.74 Å². The van der Waals surface area contributed by atoms with Gasteiger partial charge in [0.2, 0.25) is 0 Å². The minimum absolute atomic E-state index is 0.0804. The van der Waals surface area contributed by atoms with Crippen LogP contribution in [0.1, 0.15) is 49.9 Å². The van der Waals surface area contributed by atoms with Gasteiger partial charge in [-0.2, -0.15) is 5.21 Å². The summed E-state index contributed by atoms with van der Waals surface area (Å²) in [5.74, 6) is 0.657. The van der Waals surface area contributed by atoms with Crippen molar-refractivity contribution in [3.63, 3.8) is 0 Å². The molecule has 6 heteroatoms. The molecule has 0 saturated heterocycles. The molecule has 0 aliphatic heterocycles. The standard InChI is InChI=1S/C17H22N4O2/c1-12(22)23-16(14-9-5-6-10-14)15(17-18-20-21-19-17)11-13-7-3-2-4-8-13/h2-4,7-8,14-16H,5-6,9-11H2,1H3,(H,18,19,20,21). The number of benzene rings is 1. The molecular formula is C17H22N4O2. The van der Waals surface area contributed by atoms with E-state index in [9.17, 15) is 4.79 Å². The zero-order valence-corrected chi connectivity index (χ0v) is 13.3. The number of carbonyl (C=O) groups is 1. The van der Waals surface area contributed by atoms with Gasteiger partial charge in [0.15, 0.2) is 5.82 Å². The maximum atomic E-state index is 11.7. The predicted octanol–water partition coefficient (Wildman–Crippen LogP) is 2.65. The van der Waals surface area contributed by atoms with Crippen LogP contribution in [-0.2, 0) is 16.0 Å². The Balaban J connectivity index is 1.89. The van der Waals surface area contributed by atoms with Crippen molar-refractivity contribution in [1.82, 2.24) is 20.6 Å². The molecule has 1 aliphatic carbocycles. The average molecular weight is 314 g/mol. The Morgan fingerprint density at radius 3 is 2.65 bits per heavy atom. The largest absolute Gasteiger partial charge is 0.461 e. The molecule has 2 unspecified atom stereocenters. The first-order valence-electron chi connectivity index (χ1n) is 8.18. The van der Waals surface area contributed by atoms with E-state index in [0.29, 0.717) is 11.7 Å². The number of nitrogens with one attached hydrogen (secondary N) is 1. The third-order valence-electron chi connectivity index (χ3n) is 4.55. The van der Waals surface area contributed by atoms with Gasteiger partial charge in [-0.3, -0.25) is 4.79 Å². The molecule has 1 aromatic heterocycles. The normalized spacial score (nSPS) is 17.8. The zero-order chi connectivity index (χ0) is 16.1. The van der Waals surface area contributed by atoms with Gasteiger partial charge in [0.1, 0.15) is 6.10 Å². The highest BCUT2D eigenvalue weighted by atomic mass is 16.5. The van der Waals surface area contributed by atoms with Crippen LogP contribution >= 0.6 is 0 Å². The molecule has 122 valence electrons. The molecule has 2 aromatic rings. The maximum Gasteiger partial charge on any atom is 0.302 e. The average Bonchev–Trinajstić information content (AvgIpc) is 3.24. The number of hydrogen-bond donors (Lipinski definition) is 1. The Kier molecular flexibility index (Phi) is 5.00. The van der Waals surface area contributed by atoms with Crippen LogP contribution in [0.3, 0.4) is 0 Å². The number of carbonyl (C=O) groups excluding carboxylic acids is 1. The van der Waals surface area contributed by atoms with E-state index in [4.69, 9.17) is 4.74 Å². The summed E-state index contributed by atoms with van der Waals surface area (Å²) >= 11 is 0. The van der Waals surface area contributed by atoms with Gasteiger partial charge in [-0.05, 0) is 30.7 Å². The summed E-state index contributed by atoms with van der Waals surface area (Å²) in [6.45, 7) is 1.47. The molecule has 0 radical (unpaired) electrons. The lowest BCUT2D eigenvalue weighted by atomic mass is 9.84.